The highest BCUT2D eigenvalue weighted by Crippen LogP contribution is 2.39. The molecule has 2 aromatic rings. The van der Waals surface area contributed by atoms with E-state index in [0.29, 0.717) is 0 Å². The van der Waals surface area contributed by atoms with Crippen LogP contribution >= 0.6 is 38.9 Å². The van der Waals surface area contributed by atoms with Crippen molar-refractivity contribution in [3.63, 3.8) is 0 Å². The first-order chi connectivity index (χ1) is 8.80. The zero-order valence-electron chi connectivity index (χ0n) is 11.6. The molecule has 1 aromatic carbocycles. The van der Waals surface area contributed by atoms with E-state index in [1.54, 1.807) is 0 Å². The molecule has 0 aliphatic carbocycles. The van der Waals surface area contributed by atoms with Crippen LogP contribution in [0.25, 0.3) is 0 Å². The molecule has 0 nitrogen and oxygen atoms in total. The van der Waals surface area contributed by atoms with Gasteiger partial charge in [-0.3, -0.25) is 0 Å². The van der Waals surface area contributed by atoms with Gasteiger partial charge in [-0.05, 0) is 41.7 Å². The SMILES string of the molecule is Cc1c(Br)cccc1C(Cl)c1ccc(C(C)(C)C)s1. The molecule has 0 spiro atoms. The quantitative estimate of drug-likeness (QED) is 0.542. The molecule has 0 saturated carbocycles. The molecule has 0 aliphatic rings. The third kappa shape index (κ3) is 3.24. The molecule has 1 atom stereocenters. The van der Waals surface area contributed by atoms with Gasteiger partial charge in [0.05, 0.1) is 5.38 Å². The Bertz CT molecular complexity index is 581. The van der Waals surface area contributed by atoms with Gasteiger partial charge >= 0.3 is 0 Å². The minimum Gasteiger partial charge on any atom is -0.143 e. The molecule has 0 N–H and O–H groups in total. The van der Waals surface area contributed by atoms with Crippen LogP contribution in [0.5, 0.6) is 0 Å². The zero-order valence-corrected chi connectivity index (χ0v) is 14.8. The Morgan fingerprint density at radius 1 is 1.16 bits per heavy atom. The Morgan fingerprint density at radius 3 is 2.42 bits per heavy atom. The normalized spacial score (nSPS) is 13.6. The summed E-state index contributed by atoms with van der Waals surface area (Å²) < 4.78 is 1.11. The summed E-state index contributed by atoms with van der Waals surface area (Å²) in [5.41, 5.74) is 2.58. The van der Waals surface area contributed by atoms with Crippen molar-refractivity contribution in [1.29, 1.82) is 0 Å². The van der Waals surface area contributed by atoms with Gasteiger partial charge in [0.15, 0.2) is 0 Å². The molecule has 1 unspecified atom stereocenters. The summed E-state index contributed by atoms with van der Waals surface area (Å²) in [5.74, 6) is 0. The molecule has 0 amide bonds. The lowest BCUT2D eigenvalue weighted by atomic mass is 9.95. The second-order valence-corrected chi connectivity index (χ2v) is 8.17. The highest BCUT2D eigenvalue weighted by Gasteiger charge is 2.20. The van der Waals surface area contributed by atoms with Crippen LogP contribution in [0.3, 0.4) is 0 Å². The summed E-state index contributed by atoms with van der Waals surface area (Å²) in [6.45, 7) is 8.80. The first-order valence-corrected chi connectivity index (χ1v) is 8.34. The summed E-state index contributed by atoms with van der Waals surface area (Å²) in [5, 5.41) is -0.0707. The van der Waals surface area contributed by atoms with Crippen molar-refractivity contribution in [2.24, 2.45) is 0 Å². The zero-order chi connectivity index (χ0) is 14.2. The van der Waals surface area contributed by atoms with Crippen molar-refractivity contribution in [3.8, 4) is 0 Å². The summed E-state index contributed by atoms with van der Waals surface area (Å²) in [6, 6.07) is 10.6. The second-order valence-electron chi connectivity index (χ2n) is 5.77. The smallest absolute Gasteiger partial charge is 0.0930 e. The third-order valence-corrected chi connectivity index (χ3v) is 6.23. The molecule has 0 aliphatic heterocycles. The molecule has 1 heterocycles. The van der Waals surface area contributed by atoms with Crippen molar-refractivity contribution < 1.29 is 0 Å². The number of thiophene rings is 1. The lowest BCUT2D eigenvalue weighted by Gasteiger charge is -2.16. The second kappa shape index (κ2) is 5.59. The molecule has 0 bridgehead atoms. The summed E-state index contributed by atoms with van der Waals surface area (Å²) in [4.78, 5) is 2.59. The molecular formula is C16H18BrClS. The lowest BCUT2D eigenvalue weighted by Crippen LogP contribution is -2.07. The van der Waals surface area contributed by atoms with Crippen LogP contribution in [0, 0.1) is 6.92 Å². The van der Waals surface area contributed by atoms with Crippen LogP contribution in [-0.4, -0.2) is 0 Å². The number of hydrogen-bond acceptors (Lipinski definition) is 1. The van der Waals surface area contributed by atoms with Crippen LogP contribution < -0.4 is 0 Å². The van der Waals surface area contributed by atoms with E-state index in [9.17, 15) is 0 Å². The van der Waals surface area contributed by atoms with E-state index in [2.05, 4.69) is 67.9 Å². The average Bonchev–Trinajstić information content (AvgIpc) is 2.81. The van der Waals surface area contributed by atoms with Gasteiger partial charge in [0.2, 0.25) is 0 Å². The fourth-order valence-electron chi connectivity index (χ4n) is 1.94. The van der Waals surface area contributed by atoms with Crippen LogP contribution in [0.15, 0.2) is 34.8 Å². The maximum Gasteiger partial charge on any atom is 0.0930 e. The van der Waals surface area contributed by atoms with Crippen LogP contribution in [0.1, 0.15) is 47.0 Å². The van der Waals surface area contributed by atoms with E-state index in [1.165, 1.54) is 20.9 Å². The Labute approximate surface area is 132 Å². The predicted molar refractivity (Wildman–Crippen MR) is 89.6 cm³/mol. The molecule has 0 saturated heterocycles. The van der Waals surface area contributed by atoms with Gasteiger partial charge in [0, 0.05) is 14.2 Å². The first-order valence-electron chi connectivity index (χ1n) is 6.30. The number of alkyl halides is 1. The molecule has 0 fully saturated rings. The fraction of sp³-hybridized carbons (Fsp3) is 0.375. The van der Waals surface area contributed by atoms with Crippen molar-refractivity contribution in [2.75, 3.05) is 0 Å². The van der Waals surface area contributed by atoms with E-state index in [0.717, 1.165) is 4.47 Å². The molecule has 19 heavy (non-hydrogen) atoms. The molecule has 3 heteroatoms. The van der Waals surface area contributed by atoms with Crippen molar-refractivity contribution >= 4 is 38.9 Å². The van der Waals surface area contributed by atoms with Crippen molar-refractivity contribution in [2.45, 2.75) is 38.5 Å². The topological polar surface area (TPSA) is 0 Å². The van der Waals surface area contributed by atoms with Crippen LogP contribution in [0.4, 0.5) is 0 Å². The van der Waals surface area contributed by atoms with Crippen LogP contribution in [0.2, 0.25) is 0 Å². The average molecular weight is 358 g/mol. The largest absolute Gasteiger partial charge is 0.143 e. The highest BCUT2D eigenvalue weighted by molar-refractivity contribution is 9.10. The van der Waals surface area contributed by atoms with Gasteiger partial charge < -0.3 is 0 Å². The molecule has 2 rings (SSSR count). The summed E-state index contributed by atoms with van der Waals surface area (Å²) in [7, 11) is 0. The molecule has 102 valence electrons. The Kier molecular flexibility index (Phi) is 4.44. The fourth-order valence-corrected chi connectivity index (χ4v) is 3.83. The van der Waals surface area contributed by atoms with Gasteiger partial charge in [-0.1, -0.05) is 48.8 Å². The van der Waals surface area contributed by atoms with Crippen molar-refractivity contribution in [3.05, 3.63) is 55.7 Å². The summed E-state index contributed by atoms with van der Waals surface area (Å²) in [6.07, 6.45) is 0. The predicted octanol–water partition coefficient (Wildman–Crippen LogP) is 6.44. The number of halogens is 2. The standard InChI is InChI=1S/C16H18BrClS/c1-10-11(6-5-7-12(10)17)15(18)13-8-9-14(19-13)16(2,3)4/h5-9,15H,1-4H3. The number of benzene rings is 1. The summed E-state index contributed by atoms with van der Waals surface area (Å²) >= 11 is 12.0. The monoisotopic (exact) mass is 356 g/mol. The van der Waals surface area contributed by atoms with Crippen LogP contribution in [-0.2, 0) is 5.41 Å². The lowest BCUT2D eigenvalue weighted by molar-refractivity contribution is 0.604. The Hall–Kier alpha value is -0.310. The van der Waals surface area contributed by atoms with Gasteiger partial charge in [0.25, 0.3) is 0 Å². The van der Waals surface area contributed by atoms with Gasteiger partial charge in [-0.25, -0.2) is 0 Å². The van der Waals surface area contributed by atoms with Gasteiger partial charge in [-0.2, -0.15) is 0 Å². The Balaban J connectivity index is 2.37. The molecular weight excluding hydrogens is 340 g/mol. The molecule has 1 aromatic heterocycles. The Morgan fingerprint density at radius 2 is 1.84 bits per heavy atom. The first kappa shape index (κ1) is 15.1. The van der Waals surface area contributed by atoms with E-state index < -0.39 is 0 Å². The molecule has 0 radical (unpaired) electrons. The van der Waals surface area contributed by atoms with E-state index in [-0.39, 0.29) is 10.8 Å². The van der Waals surface area contributed by atoms with E-state index in [1.807, 2.05) is 17.4 Å². The van der Waals surface area contributed by atoms with E-state index >= 15 is 0 Å². The minimum absolute atomic E-state index is 0.0707. The van der Waals surface area contributed by atoms with Gasteiger partial charge in [0.1, 0.15) is 0 Å². The van der Waals surface area contributed by atoms with Crippen molar-refractivity contribution in [1.82, 2.24) is 0 Å². The highest BCUT2D eigenvalue weighted by atomic mass is 79.9. The number of hydrogen-bond donors (Lipinski definition) is 0. The maximum absolute atomic E-state index is 6.66. The number of rotatable bonds is 2. The third-order valence-electron chi connectivity index (χ3n) is 3.20. The van der Waals surface area contributed by atoms with E-state index in [4.69, 9.17) is 11.6 Å². The van der Waals surface area contributed by atoms with Gasteiger partial charge in [-0.15, -0.1) is 22.9 Å². The minimum atomic E-state index is -0.0707. The maximum atomic E-state index is 6.66.